The molecule has 4 saturated carbocycles. The normalized spacial score (nSPS) is 58.6. The number of hydrogen-bond acceptors (Lipinski definition) is 1. The lowest BCUT2D eigenvalue weighted by Crippen LogP contribution is -2.53. The van der Waals surface area contributed by atoms with Gasteiger partial charge >= 0.3 is 0 Å². The molecule has 114 valence electrons. The number of fused-ring (bicyclic) bond motifs is 5. The molecule has 4 aliphatic carbocycles. The molecule has 0 amide bonds. The molecule has 0 bridgehead atoms. The van der Waals surface area contributed by atoms with Gasteiger partial charge in [0.15, 0.2) is 0 Å². The first-order valence-electron chi connectivity index (χ1n) is 9.24. The smallest absolute Gasteiger partial charge is 0.0596 e. The highest BCUT2D eigenvalue weighted by Crippen LogP contribution is 2.66. The molecule has 0 radical (unpaired) electrons. The van der Waals surface area contributed by atoms with Gasteiger partial charge in [0.2, 0.25) is 0 Å². The summed E-state index contributed by atoms with van der Waals surface area (Å²) in [6.45, 7) is 5.04. The zero-order chi connectivity index (χ0) is 14.0. The number of aliphatic hydroxyl groups is 1. The molecule has 1 heteroatoms. The highest BCUT2D eigenvalue weighted by Gasteiger charge is 2.59. The Hall–Kier alpha value is -0.0400. The molecule has 20 heavy (non-hydrogen) atoms. The van der Waals surface area contributed by atoms with E-state index < -0.39 is 0 Å². The Kier molecular flexibility index (Phi) is 3.05. The zero-order valence-electron chi connectivity index (χ0n) is 13.4. The summed E-state index contributed by atoms with van der Waals surface area (Å²) in [5, 5.41) is 10.5. The Morgan fingerprint density at radius 2 is 1.55 bits per heavy atom. The van der Waals surface area contributed by atoms with E-state index in [1.165, 1.54) is 57.8 Å². The van der Waals surface area contributed by atoms with Gasteiger partial charge in [-0.3, -0.25) is 0 Å². The average molecular weight is 276 g/mol. The van der Waals surface area contributed by atoms with Crippen LogP contribution < -0.4 is 0 Å². The van der Waals surface area contributed by atoms with Crippen molar-refractivity contribution in [3.8, 4) is 0 Å². The van der Waals surface area contributed by atoms with Crippen LogP contribution in [0.25, 0.3) is 0 Å². The van der Waals surface area contributed by atoms with E-state index in [9.17, 15) is 5.11 Å². The van der Waals surface area contributed by atoms with Crippen molar-refractivity contribution in [3.63, 3.8) is 0 Å². The summed E-state index contributed by atoms with van der Waals surface area (Å²) < 4.78 is 0. The number of aliphatic hydroxyl groups excluding tert-OH is 1. The monoisotopic (exact) mass is 276 g/mol. The van der Waals surface area contributed by atoms with E-state index in [4.69, 9.17) is 0 Å². The van der Waals surface area contributed by atoms with Crippen LogP contribution in [0.4, 0.5) is 0 Å². The molecule has 1 N–H and O–H groups in total. The van der Waals surface area contributed by atoms with Crippen molar-refractivity contribution in [2.75, 3.05) is 0 Å². The lowest BCUT2D eigenvalue weighted by molar-refractivity contribution is -0.120. The summed E-state index contributed by atoms with van der Waals surface area (Å²) in [7, 11) is 0. The lowest BCUT2D eigenvalue weighted by atomic mass is 9.45. The van der Waals surface area contributed by atoms with Gasteiger partial charge in [-0.25, -0.2) is 0 Å². The largest absolute Gasteiger partial charge is 0.393 e. The minimum absolute atomic E-state index is 0.00895. The molecular weight excluding hydrogens is 244 g/mol. The maximum absolute atomic E-state index is 10.5. The van der Waals surface area contributed by atoms with Crippen molar-refractivity contribution in [2.45, 2.75) is 84.2 Å². The molecule has 1 nitrogen and oxygen atoms in total. The Labute approximate surface area is 124 Å². The van der Waals surface area contributed by atoms with Crippen molar-refractivity contribution in [3.05, 3.63) is 0 Å². The van der Waals surface area contributed by atoms with E-state index >= 15 is 0 Å². The molecule has 4 aliphatic rings. The standard InChI is InChI=1S/C19H32O/c1-18-11-4-3-5-13(18)6-7-14-15-8-9-17(20)19(15,2)12-10-16(14)18/h13-17,20H,3-12H2,1-2H3/t13-,14+,15+,16+,17?,18+,19+/m1/s1. The number of rotatable bonds is 0. The number of hydrogen-bond donors (Lipinski definition) is 1. The molecule has 1 unspecified atom stereocenters. The van der Waals surface area contributed by atoms with Gasteiger partial charge in [0.25, 0.3) is 0 Å². The van der Waals surface area contributed by atoms with Crippen LogP contribution in [0.5, 0.6) is 0 Å². The van der Waals surface area contributed by atoms with Crippen LogP contribution in [0.15, 0.2) is 0 Å². The average Bonchev–Trinajstić information content (AvgIpc) is 2.74. The molecule has 0 saturated heterocycles. The minimum Gasteiger partial charge on any atom is -0.393 e. The highest BCUT2D eigenvalue weighted by atomic mass is 16.3. The second-order valence-electron chi connectivity index (χ2n) is 9.04. The van der Waals surface area contributed by atoms with Crippen molar-refractivity contribution >= 4 is 0 Å². The second kappa shape index (κ2) is 4.48. The van der Waals surface area contributed by atoms with Crippen LogP contribution in [-0.2, 0) is 0 Å². The van der Waals surface area contributed by atoms with E-state index in [0.29, 0.717) is 5.41 Å². The van der Waals surface area contributed by atoms with Gasteiger partial charge in [-0.1, -0.05) is 26.7 Å². The first kappa shape index (κ1) is 13.6. The van der Waals surface area contributed by atoms with Gasteiger partial charge in [0.05, 0.1) is 6.10 Å². The van der Waals surface area contributed by atoms with Crippen LogP contribution in [0, 0.1) is 34.5 Å². The lowest BCUT2D eigenvalue weighted by Gasteiger charge is -2.60. The zero-order valence-corrected chi connectivity index (χ0v) is 13.4. The molecule has 0 spiro atoms. The van der Waals surface area contributed by atoms with Crippen LogP contribution in [0.2, 0.25) is 0 Å². The summed E-state index contributed by atoms with van der Waals surface area (Å²) in [6, 6.07) is 0. The first-order valence-corrected chi connectivity index (χ1v) is 9.24. The van der Waals surface area contributed by atoms with Crippen LogP contribution in [0.1, 0.15) is 78.1 Å². The Morgan fingerprint density at radius 1 is 0.750 bits per heavy atom. The molecule has 0 aromatic heterocycles. The quantitative estimate of drug-likeness (QED) is 0.675. The first-order chi connectivity index (χ1) is 9.56. The third-order valence-corrected chi connectivity index (χ3v) is 8.53. The third kappa shape index (κ3) is 1.65. The van der Waals surface area contributed by atoms with Gasteiger partial charge in [-0.2, -0.15) is 0 Å². The van der Waals surface area contributed by atoms with Crippen molar-refractivity contribution < 1.29 is 5.11 Å². The molecule has 4 fully saturated rings. The van der Waals surface area contributed by atoms with E-state index in [2.05, 4.69) is 13.8 Å². The van der Waals surface area contributed by atoms with Gasteiger partial charge in [0.1, 0.15) is 0 Å². The fourth-order valence-electron chi connectivity index (χ4n) is 7.27. The SMILES string of the molecule is C[C@]12CCCC[C@@H]1CC[C@@H]1[C@@H]2CC[C@]2(C)C(O)CC[C@@H]12. The third-order valence-electron chi connectivity index (χ3n) is 8.53. The van der Waals surface area contributed by atoms with E-state index in [-0.39, 0.29) is 11.5 Å². The summed E-state index contributed by atoms with van der Waals surface area (Å²) in [5.74, 6) is 3.76. The maximum Gasteiger partial charge on any atom is 0.0596 e. The van der Waals surface area contributed by atoms with Gasteiger partial charge in [-0.15, -0.1) is 0 Å². The Balaban J connectivity index is 1.64. The molecule has 0 aliphatic heterocycles. The van der Waals surface area contributed by atoms with Crippen LogP contribution in [-0.4, -0.2) is 11.2 Å². The molecule has 0 aromatic rings. The Bertz CT molecular complexity index is 391. The maximum atomic E-state index is 10.5. The van der Waals surface area contributed by atoms with Crippen LogP contribution >= 0.6 is 0 Å². The molecule has 7 atom stereocenters. The molecular formula is C19H32O. The van der Waals surface area contributed by atoms with Crippen molar-refractivity contribution in [1.29, 1.82) is 0 Å². The van der Waals surface area contributed by atoms with E-state index in [1.54, 1.807) is 0 Å². The predicted molar refractivity (Wildman–Crippen MR) is 82.4 cm³/mol. The second-order valence-corrected chi connectivity index (χ2v) is 9.04. The fourth-order valence-corrected chi connectivity index (χ4v) is 7.27. The predicted octanol–water partition coefficient (Wildman–Crippen LogP) is 4.78. The van der Waals surface area contributed by atoms with Crippen molar-refractivity contribution in [1.82, 2.24) is 0 Å². The topological polar surface area (TPSA) is 20.2 Å². The summed E-state index contributed by atoms with van der Waals surface area (Å²) in [6.07, 6.45) is 14.0. The summed E-state index contributed by atoms with van der Waals surface area (Å²) in [4.78, 5) is 0. The van der Waals surface area contributed by atoms with Gasteiger partial charge < -0.3 is 5.11 Å². The van der Waals surface area contributed by atoms with E-state index in [1.807, 2.05) is 0 Å². The van der Waals surface area contributed by atoms with E-state index in [0.717, 1.165) is 30.1 Å². The highest BCUT2D eigenvalue weighted by molar-refractivity contribution is 5.08. The van der Waals surface area contributed by atoms with Crippen molar-refractivity contribution in [2.24, 2.45) is 34.5 Å². The minimum atomic E-state index is -0.00895. The van der Waals surface area contributed by atoms with Gasteiger partial charge in [0, 0.05) is 0 Å². The fraction of sp³-hybridized carbons (Fsp3) is 1.00. The molecule has 4 rings (SSSR count). The van der Waals surface area contributed by atoms with Gasteiger partial charge in [-0.05, 0) is 85.9 Å². The summed E-state index contributed by atoms with van der Waals surface area (Å²) >= 11 is 0. The molecule has 0 heterocycles. The Morgan fingerprint density at radius 3 is 2.40 bits per heavy atom. The summed E-state index contributed by atoms with van der Waals surface area (Å²) in [5.41, 5.74) is 0.912. The van der Waals surface area contributed by atoms with Crippen LogP contribution in [0.3, 0.4) is 0 Å². The molecule has 0 aromatic carbocycles.